The van der Waals surface area contributed by atoms with Gasteiger partial charge in [-0.05, 0) is 61.2 Å². The number of hydrogen-bond acceptors (Lipinski definition) is 5. The SMILES string of the molecule is CSc1ccccc1C(=O)Nc1ccc(-c2nc3cccnc3s2)cc1C. The Balaban J connectivity index is 1.61. The molecule has 4 rings (SSSR count). The van der Waals surface area contributed by atoms with E-state index in [9.17, 15) is 4.79 Å². The number of aromatic nitrogens is 2. The molecule has 0 radical (unpaired) electrons. The third-order valence-electron chi connectivity index (χ3n) is 4.24. The van der Waals surface area contributed by atoms with Crippen molar-refractivity contribution >= 4 is 45.0 Å². The molecule has 0 saturated carbocycles. The number of carbonyl (C=O) groups excluding carboxylic acids is 1. The van der Waals surface area contributed by atoms with Gasteiger partial charge in [0.05, 0.1) is 5.56 Å². The fourth-order valence-corrected chi connectivity index (χ4v) is 4.35. The van der Waals surface area contributed by atoms with E-state index >= 15 is 0 Å². The fraction of sp³-hybridized carbons (Fsp3) is 0.0952. The van der Waals surface area contributed by atoms with Crippen molar-refractivity contribution in [1.29, 1.82) is 0 Å². The van der Waals surface area contributed by atoms with Crippen molar-refractivity contribution < 1.29 is 4.79 Å². The molecular weight excluding hydrogens is 374 g/mol. The van der Waals surface area contributed by atoms with E-state index in [0.29, 0.717) is 5.56 Å². The van der Waals surface area contributed by atoms with E-state index in [1.54, 1.807) is 29.3 Å². The molecule has 6 heteroatoms. The standard InChI is InChI=1S/C21H17N3OS2/c1-13-12-14(20-24-17-7-5-11-22-21(17)27-20)9-10-16(13)23-19(25)15-6-3-4-8-18(15)26-2/h3-12H,1-2H3,(H,23,25). The maximum absolute atomic E-state index is 12.7. The van der Waals surface area contributed by atoms with Crippen molar-refractivity contribution in [2.24, 2.45) is 0 Å². The second-order valence-corrected chi connectivity index (χ2v) is 7.86. The molecule has 0 unspecified atom stereocenters. The lowest BCUT2D eigenvalue weighted by atomic mass is 10.1. The maximum atomic E-state index is 12.7. The average molecular weight is 392 g/mol. The molecule has 0 fully saturated rings. The van der Waals surface area contributed by atoms with Gasteiger partial charge in [0.1, 0.15) is 15.4 Å². The number of thiazole rings is 1. The zero-order valence-corrected chi connectivity index (χ0v) is 16.5. The average Bonchev–Trinajstić information content (AvgIpc) is 3.13. The van der Waals surface area contributed by atoms with Crippen LogP contribution in [0.15, 0.2) is 65.7 Å². The number of rotatable bonds is 4. The van der Waals surface area contributed by atoms with E-state index in [1.807, 2.05) is 67.8 Å². The number of nitrogens with zero attached hydrogens (tertiary/aromatic N) is 2. The highest BCUT2D eigenvalue weighted by atomic mass is 32.2. The largest absolute Gasteiger partial charge is 0.322 e. The van der Waals surface area contributed by atoms with E-state index in [2.05, 4.69) is 15.3 Å². The van der Waals surface area contributed by atoms with Crippen LogP contribution in [0.5, 0.6) is 0 Å². The molecule has 4 nitrogen and oxygen atoms in total. The first kappa shape index (κ1) is 17.7. The highest BCUT2D eigenvalue weighted by molar-refractivity contribution is 7.98. The Morgan fingerprint density at radius 3 is 2.74 bits per heavy atom. The summed E-state index contributed by atoms with van der Waals surface area (Å²) in [5, 5.41) is 3.95. The van der Waals surface area contributed by atoms with Gasteiger partial charge in [-0.1, -0.05) is 23.5 Å². The zero-order valence-electron chi connectivity index (χ0n) is 14.9. The van der Waals surface area contributed by atoms with Crippen molar-refractivity contribution in [2.75, 3.05) is 11.6 Å². The van der Waals surface area contributed by atoms with Crippen LogP contribution in [0.4, 0.5) is 5.69 Å². The molecule has 0 atom stereocenters. The normalized spacial score (nSPS) is 10.9. The maximum Gasteiger partial charge on any atom is 0.256 e. The number of fused-ring (bicyclic) bond motifs is 1. The molecule has 2 aromatic carbocycles. The van der Waals surface area contributed by atoms with Crippen molar-refractivity contribution in [1.82, 2.24) is 9.97 Å². The number of carbonyl (C=O) groups is 1. The molecule has 27 heavy (non-hydrogen) atoms. The second-order valence-electron chi connectivity index (χ2n) is 6.03. The Morgan fingerprint density at radius 2 is 1.96 bits per heavy atom. The monoisotopic (exact) mass is 391 g/mol. The summed E-state index contributed by atoms with van der Waals surface area (Å²) in [5.41, 5.74) is 4.42. The lowest BCUT2D eigenvalue weighted by molar-refractivity contribution is 0.102. The molecule has 1 N–H and O–H groups in total. The van der Waals surface area contributed by atoms with Crippen LogP contribution in [0, 0.1) is 6.92 Å². The predicted molar refractivity (Wildman–Crippen MR) is 114 cm³/mol. The molecule has 2 heterocycles. The van der Waals surface area contributed by atoms with Gasteiger partial charge in [0.15, 0.2) is 0 Å². The molecule has 0 saturated heterocycles. The van der Waals surface area contributed by atoms with Gasteiger partial charge in [0, 0.05) is 22.3 Å². The Morgan fingerprint density at radius 1 is 1.11 bits per heavy atom. The molecule has 134 valence electrons. The summed E-state index contributed by atoms with van der Waals surface area (Å²) in [6.07, 6.45) is 3.75. The quantitative estimate of drug-likeness (QED) is 0.457. The van der Waals surface area contributed by atoms with E-state index in [-0.39, 0.29) is 5.91 Å². The minimum absolute atomic E-state index is 0.0972. The predicted octanol–water partition coefficient (Wildman–Crippen LogP) is 5.64. The van der Waals surface area contributed by atoms with E-state index < -0.39 is 0 Å². The number of amides is 1. The summed E-state index contributed by atoms with van der Waals surface area (Å²) in [6.45, 7) is 1.99. The topological polar surface area (TPSA) is 54.9 Å². The first-order chi connectivity index (χ1) is 13.2. The summed E-state index contributed by atoms with van der Waals surface area (Å²) >= 11 is 3.13. The summed E-state index contributed by atoms with van der Waals surface area (Å²) in [6, 6.07) is 17.4. The number of benzene rings is 2. The van der Waals surface area contributed by atoms with Gasteiger partial charge in [0.25, 0.3) is 5.91 Å². The van der Waals surface area contributed by atoms with Crippen LogP contribution in [0.2, 0.25) is 0 Å². The van der Waals surface area contributed by atoms with Crippen LogP contribution in [0.3, 0.4) is 0 Å². The van der Waals surface area contributed by atoms with Crippen LogP contribution < -0.4 is 5.32 Å². The van der Waals surface area contributed by atoms with Crippen LogP contribution >= 0.6 is 23.1 Å². The van der Waals surface area contributed by atoms with Gasteiger partial charge in [-0.2, -0.15) is 0 Å². The molecule has 0 aliphatic rings. The van der Waals surface area contributed by atoms with Crippen LogP contribution in [0.25, 0.3) is 20.9 Å². The number of hydrogen-bond donors (Lipinski definition) is 1. The minimum atomic E-state index is -0.0972. The molecule has 4 aromatic rings. The minimum Gasteiger partial charge on any atom is -0.322 e. The highest BCUT2D eigenvalue weighted by Crippen LogP contribution is 2.31. The Bertz CT molecular complexity index is 1100. The van der Waals surface area contributed by atoms with Crippen molar-refractivity contribution in [3.63, 3.8) is 0 Å². The Kier molecular flexibility index (Phi) is 4.92. The molecule has 2 aromatic heterocycles. The Hall–Kier alpha value is -2.70. The lowest BCUT2D eigenvalue weighted by Gasteiger charge is -2.11. The number of aryl methyl sites for hydroxylation is 1. The number of anilines is 1. The summed E-state index contributed by atoms with van der Waals surface area (Å²) in [7, 11) is 0. The summed E-state index contributed by atoms with van der Waals surface area (Å²) < 4.78 is 0. The number of pyridine rings is 1. The number of nitrogens with one attached hydrogen (secondary N) is 1. The van der Waals surface area contributed by atoms with Gasteiger partial charge in [-0.15, -0.1) is 11.8 Å². The Labute approximate surface area is 165 Å². The smallest absolute Gasteiger partial charge is 0.256 e. The molecule has 0 bridgehead atoms. The summed E-state index contributed by atoms with van der Waals surface area (Å²) in [4.78, 5) is 23.6. The first-order valence-electron chi connectivity index (χ1n) is 8.42. The van der Waals surface area contributed by atoms with E-state index in [0.717, 1.165) is 37.1 Å². The van der Waals surface area contributed by atoms with Gasteiger partial charge < -0.3 is 5.32 Å². The molecule has 1 amide bonds. The highest BCUT2D eigenvalue weighted by Gasteiger charge is 2.13. The van der Waals surface area contributed by atoms with Gasteiger partial charge in [0.2, 0.25) is 0 Å². The third kappa shape index (κ3) is 3.59. The molecule has 0 aliphatic heterocycles. The fourth-order valence-electron chi connectivity index (χ4n) is 2.85. The summed E-state index contributed by atoms with van der Waals surface area (Å²) in [5.74, 6) is -0.0972. The zero-order chi connectivity index (χ0) is 18.8. The van der Waals surface area contributed by atoms with Crippen molar-refractivity contribution in [2.45, 2.75) is 11.8 Å². The van der Waals surface area contributed by atoms with Gasteiger partial charge in [-0.3, -0.25) is 4.79 Å². The van der Waals surface area contributed by atoms with Gasteiger partial charge in [-0.25, -0.2) is 9.97 Å². The van der Waals surface area contributed by atoms with E-state index in [1.165, 1.54) is 0 Å². The second kappa shape index (κ2) is 7.50. The van der Waals surface area contributed by atoms with Crippen LogP contribution in [-0.4, -0.2) is 22.1 Å². The lowest BCUT2D eigenvalue weighted by Crippen LogP contribution is -2.13. The van der Waals surface area contributed by atoms with Crippen molar-refractivity contribution in [3.05, 3.63) is 71.9 Å². The van der Waals surface area contributed by atoms with Crippen LogP contribution in [0.1, 0.15) is 15.9 Å². The molecule has 0 spiro atoms. The first-order valence-corrected chi connectivity index (χ1v) is 10.5. The van der Waals surface area contributed by atoms with Gasteiger partial charge >= 0.3 is 0 Å². The third-order valence-corrected chi connectivity index (χ3v) is 6.06. The molecule has 0 aliphatic carbocycles. The van der Waals surface area contributed by atoms with Crippen molar-refractivity contribution in [3.8, 4) is 10.6 Å². The van der Waals surface area contributed by atoms with E-state index in [4.69, 9.17) is 0 Å². The molecular formula is C21H17N3OS2. The van der Waals surface area contributed by atoms with Crippen LogP contribution in [-0.2, 0) is 0 Å². The number of thioether (sulfide) groups is 1.